The van der Waals surface area contributed by atoms with Crippen LogP contribution in [-0.4, -0.2) is 4.83 Å². The second-order valence-electron chi connectivity index (χ2n) is 15.7. The lowest BCUT2D eigenvalue weighted by Gasteiger charge is -2.41. The Kier molecular flexibility index (Phi) is 14.6. The van der Waals surface area contributed by atoms with Gasteiger partial charge in [-0.2, -0.15) is 0 Å². The molecule has 6 rings (SSSR count). The molecule has 1 heterocycles. The molecule has 0 N–H and O–H groups in total. The zero-order valence-electron chi connectivity index (χ0n) is 32.3. The van der Waals surface area contributed by atoms with E-state index in [1.54, 1.807) is 0 Å². The van der Waals surface area contributed by atoms with Gasteiger partial charge in [0, 0.05) is 20.4 Å². The van der Waals surface area contributed by atoms with E-state index in [9.17, 15) is 0 Å². The molecular weight excluding hydrogens is 764 g/mol. The highest BCUT2D eigenvalue weighted by molar-refractivity contribution is 9.10. The summed E-state index contributed by atoms with van der Waals surface area (Å²) in [5, 5.41) is 0. The van der Waals surface area contributed by atoms with Crippen molar-refractivity contribution < 1.29 is 4.74 Å². The van der Waals surface area contributed by atoms with Crippen molar-refractivity contribution in [2.24, 2.45) is 0 Å². The third kappa shape index (κ3) is 8.78. The van der Waals surface area contributed by atoms with Crippen LogP contribution in [0.3, 0.4) is 0 Å². The topological polar surface area (TPSA) is 9.23 Å². The molecule has 1 aliphatic carbocycles. The quantitative estimate of drug-likeness (QED) is 0.0519. The largest absolute Gasteiger partial charge is 0.457 e. The predicted molar refractivity (Wildman–Crippen MR) is 231 cm³/mol. The molecule has 4 aromatic rings. The summed E-state index contributed by atoms with van der Waals surface area (Å²) < 4.78 is 8.32. The average molecular weight is 827 g/mol. The van der Waals surface area contributed by atoms with Gasteiger partial charge in [-0.3, -0.25) is 0 Å². The second-order valence-corrected chi connectivity index (χ2v) is 17.9. The number of hydrogen-bond donors (Lipinski definition) is 0. The van der Waals surface area contributed by atoms with Crippen LogP contribution in [0.5, 0.6) is 11.5 Å². The molecule has 2 aliphatic rings. The maximum Gasteiger partial charge on any atom is 0.132 e. The van der Waals surface area contributed by atoms with Crippen LogP contribution in [-0.2, 0) is 24.7 Å². The first kappa shape index (κ1) is 39.3. The van der Waals surface area contributed by atoms with E-state index >= 15 is 0 Å². The maximum atomic E-state index is 7.20. The van der Waals surface area contributed by atoms with Crippen molar-refractivity contribution in [1.82, 2.24) is 0 Å². The highest BCUT2D eigenvalue weighted by Crippen LogP contribution is 2.63. The fraction of sp³-hybridized carbons (Fsp3) is 0.510. The van der Waals surface area contributed by atoms with Gasteiger partial charge in [-0.25, -0.2) is 0 Å². The molecule has 1 nitrogen and oxygen atoms in total. The van der Waals surface area contributed by atoms with Crippen LogP contribution in [0.1, 0.15) is 169 Å². The number of hydrogen-bond acceptors (Lipinski definition) is 1. The lowest BCUT2D eigenvalue weighted by atomic mass is 9.64. The van der Waals surface area contributed by atoms with E-state index in [1.807, 2.05) is 0 Å². The molecule has 0 saturated heterocycles. The number of rotatable bonds is 21. The number of aryl methyl sites for hydroxylation is 2. The van der Waals surface area contributed by atoms with Crippen LogP contribution in [0, 0.1) is 0 Å². The van der Waals surface area contributed by atoms with Crippen molar-refractivity contribution in [3.8, 4) is 22.6 Å². The van der Waals surface area contributed by atoms with E-state index in [4.69, 9.17) is 4.74 Å². The molecule has 0 saturated carbocycles. The van der Waals surface area contributed by atoms with E-state index < -0.39 is 5.41 Å². The molecule has 0 amide bonds. The highest BCUT2D eigenvalue weighted by atomic mass is 79.9. The van der Waals surface area contributed by atoms with Crippen LogP contribution in [0.15, 0.2) is 77.3 Å². The summed E-state index contributed by atoms with van der Waals surface area (Å²) in [4.78, 5) is 0.404. The van der Waals surface area contributed by atoms with Crippen molar-refractivity contribution >= 4 is 31.9 Å². The molecule has 278 valence electrons. The van der Waals surface area contributed by atoms with Crippen LogP contribution >= 0.6 is 31.9 Å². The smallest absolute Gasteiger partial charge is 0.132 e. The predicted octanol–water partition coefficient (Wildman–Crippen LogP) is 16.0. The van der Waals surface area contributed by atoms with Crippen molar-refractivity contribution in [3.05, 3.63) is 116 Å². The number of fused-ring (bicyclic) bond motifs is 9. The molecule has 0 aromatic heterocycles. The standard InChI is InChI=1S/C49H62Br2O/c1-4-7-9-11-13-15-17-19-23-36-27-30-44-46(32-36)52-47-33-37(24-20-18-16-14-12-10-8-5-2)31-38(34-39(50)6-3)48(47)49(44)43-26-22-21-25-41(43)42-29-28-40(51)35-45(42)49/h21-22,25-33,35,39H,4-20,23-24,34H2,1-3H3. The first-order valence-electron chi connectivity index (χ1n) is 21.0. The summed E-state index contributed by atoms with van der Waals surface area (Å²) in [7, 11) is 0. The van der Waals surface area contributed by atoms with E-state index in [-0.39, 0.29) is 0 Å². The molecule has 0 fully saturated rings. The van der Waals surface area contributed by atoms with Crippen molar-refractivity contribution in [3.63, 3.8) is 0 Å². The summed E-state index contributed by atoms with van der Waals surface area (Å²) in [6.45, 7) is 6.89. The van der Waals surface area contributed by atoms with Gasteiger partial charge in [0.25, 0.3) is 0 Å². The zero-order chi connectivity index (χ0) is 36.3. The number of alkyl halides is 1. The lowest BCUT2D eigenvalue weighted by Crippen LogP contribution is -2.34. The average Bonchev–Trinajstić information content (AvgIpc) is 3.42. The number of halogens is 2. The summed E-state index contributed by atoms with van der Waals surface area (Å²) in [6, 6.07) is 28.3. The summed E-state index contributed by atoms with van der Waals surface area (Å²) in [5.74, 6) is 2.09. The van der Waals surface area contributed by atoms with Crippen molar-refractivity contribution in [2.45, 2.75) is 159 Å². The van der Waals surface area contributed by atoms with Crippen molar-refractivity contribution in [1.29, 1.82) is 0 Å². The number of unbranched alkanes of at least 4 members (excludes halogenated alkanes) is 14. The molecule has 3 heteroatoms. The van der Waals surface area contributed by atoms with Crippen LogP contribution < -0.4 is 4.74 Å². The third-order valence-electron chi connectivity index (χ3n) is 11.8. The lowest BCUT2D eigenvalue weighted by molar-refractivity contribution is 0.432. The molecule has 1 spiro atoms. The van der Waals surface area contributed by atoms with Gasteiger partial charge in [-0.15, -0.1) is 0 Å². The Hall–Kier alpha value is -2.36. The molecule has 0 radical (unpaired) electrons. The van der Waals surface area contributed by atoms with Gasteiger partial charge in [-0.05, 0) is 102 Å². The fourth-order valence-electron chi connectivity index (χ4n) is 9.04. The zero-order valence-corrected chi connectivity index (χ0v) is 35.5. The van der Waals surface area contributed by atoms with Gasteiger partial charge in [-0.1, -0.05) is 191 Å². The Morgan fingerprint density at radius 3 is 1.83 bits per heavy atom. The first-order chi connectivity index (χ1) is 25.5. The van der Waals surface area contributed by atoms with Gasteiger partial charge in [0.2, 0.25) is 0 Å². The SMILES string of the molecule is CCCCCCCCCCc1ccc2c(c1)Oc1cc(CCCCCCCCCC)cc(CC(Br)CC)c1C21c2ccccc2-c2ccc(Br)cc21. The first-order valence-corrected chi connectivity index (χ1v) is 22.7. The minimum absolute atomic E-state index is 0.404. The highest BCUT2D eigenvalue weighted by Gasteiger charge is 2.52. The number of ether oxygens (including phenoxy) is 1. The van der Waals surface area contributed by atoms with Crippen LogP contribution in [0.4, 0.5) is 0 Å². The third-order valence-corrected chi connectivity index (χ3v) is 13.3. The number of benzene rings is 4. The maximum absolute atomic E-state index is 7.20. The molecule has 0 bridgehead atoms. The monoisotopic (exact) mass is 824 g/mol. The molecule has 52 heavy (non-hydrogen) atoms. The van der Waals surface area contributed by atoms with Crippen LogP contribution in [0.25, 0.3) is 11.1 Å². The summed E-state index contributed by atoms with van der Waals surface area (Å²) in [5.41, 5.74) is 11.8. The molecule has 1 aliphatic heterocycles. The van der Waals surface area contributed by atoms with E-state index in [0.29, 0.717) is 4.83 Å². The van der Waals surface area contributed by atoms with Gasteiger partial charge < -0.3 is 4.74 Å². The Morgan fingerprint density at radius 1 is 0.558 bits per heavy atom. The van der Waals surface area contributed by atoms with Gasteiger partial charge >= 0.3 is 0 Å². The molecule has 4 aromatic carbocycles. The van der Waals surface area contributed by atoms with Gasteiger partial charge in [0.1, 0.15) is 11.5 Å². The van der Waals surface area contributed by atoms with Gasteiger partial charge in [0.05, 0.1) is 5.41 Å². The molecular formula is C49H62Br2O. The Bertz CT molecular complexity index is 1760. The Labute approximate surface area is 333 Å². The molecule has 2 atom stereocenters. The fourth-order valence-corrected chi connectivity index (χ4v) is 9.75. The van der Waals surface area contributed by atoms with E-state index in [0.717, 1.165) is 41.7 Å². The minimum Gasteiger partial charge on any atom is -0.457 e. The van der Waals surface area contributed by atoms with Crippen LogP contribution in [0.2, 0.25) is 0 Å². The van der Waals surface area contributed by atoms with Gasteiger partial charge in [0.15, 0.2) is 0 Å². The summed E-state index contributed by atoms with van der Waals surface area (Å²) >= 11 is 7.99. The Morgan fingerprint density at radius 2 is 1.15 bits per heavy atom. The summed E-state index contributed by atoms with van der Waals surface area (Å²) in [6.07, 6.45) is 25.7. The van der Waals surface area contributed by atoms with Crippen molar-refractivity contribution in [2.75, 3.05) is 0 Å². The van der Waals surface area contributed by atoms with E-state index in [1.165, 1.54) is 153 Å². The molecule has 2 unspecified atom stereocenters. The second kappa shape index (κ2) is 19.3. The normalized spacial score (nSPS) is 15.9. The Balaban J connectivity index is 1.38. The van der Waals surface area contributed by atoms with E-state index in [2.05, 4.69) is 125 Å². The minimum atomic E-state index is -0.442.